The van der Waals surface area contributed by atoms with Crippen molar-refractivity contribution in [3.63, 3.8) is 0 Å². The van der Waals surface area contributed by atoms with Gasteiger partial charge in [-0.05, 0) is 31.5 Å². The second-order valence-electron chi connectivity index (χ2n) is 9.48. The van der Waals surface area contributed by atoms with Crippen molar-refractivity contribution in [2.24, 2.45) is 5.41 Å². The fraction of sp³-hybridized carbons (Fsp3) is 0.478. The first-order valence-corrected chi connectivity index (χ1v) is 11.7. The van der Waals surface area contributed by atoms with Gasteiger partial charge in [-0.3, -0.25) is 9.59 Å². The third-order valence-corrected chi connectivity index (χ3v) is 7.23. The Morgan fingerprint density at radius 2 is 1.91 bits per heavy atom. The first-order chi connectivity index (χ1) is 15.1. The number of carbonyl (C=O) groups is 2. The van der Waals surface area contributed by atoms with Crippen LogP contribution in [0.5, 0.6) is 0 Å². The molecule has 0 radical (unpaired) electrons. The molecule has 4 rings (SSSR count). The first-order valence-electron chi connectivity index (χ1n) is 10.9. The lowest BCUT2D eigenvalue weighted by Crippen LogP contribution is -2.46. The van der Waals surface area contributed by atoms with Crippen LogP contribution in [-0.2, 0) is 0 Å². The van der Waals surface area contributed by atoms with E-state index in [1.54, 1.807) is 12.4 Å². The van der Waals surface area contributed by atoms with Crippen LogP contribution in [0.15, 0.2) is 24.5 Å². The molecule has 1 saturated heterocycles. The van der Waals surface area contributed by atoms with Gasteiger partial charge in [0.15, 0.2) is 5.65 Å². The van der Waals surface area contributed by atoms with Crippen LogP contribution in [0.3, 0.4) is 0 Å². The van der Waals surface area contributed by atoms with Gasteiger partial charge in [0.25, 0.3) is 11.8 Å². The van der Waals surface area contributed by atoms with E-state index in [2.05, 4.69) is 48.0 Å². The van der Waals surface area contributed by atoms with Crippen molar-refractivity contribution < 1.29 is 9.59 Å². The number of hydrogen-bond donors (Lipinski definition) is 2. The minimum atomic E-state index is -0.178. The maximum Gasteiger partial charge on any atom is 0.264 e. The number of rotatable bonds is 4. The molecule has 1 fully saturated rings. The van der Waals surface area contributed by atoms with Crippen LogP contribution in [0.2, 0.25) is 0 Å². The zero-order chi connectivity index (χ0) is 23.0. The second kappa shape index (κ2) is 8.63. The first kappa shape index (κ1) is 22.4. The average Bonchev–Trinajstić information content (AvgIpc) is 3.40. The van der Waals surface area contributed by atoms with Gasteiger partial charge >= 0.3 is 0 Å². The molecule has 0 spiro atoms. The predicted octanol–water partition coefficient (Wildman–Crippen LogP) is 3.24. The fourth-order valence-electron chi connectivity index (χ4n) is 3.43. The lowest BCUT2D eigenvalue weighted by molar-refractivity contribution is 0.0669. The molecule has 32 heavy (non-hydrogen) atoms. The number of hydrogen-bond acceptors (Lipinski definition) is 6. The smallest absolute Gasteiger partial charge is 0.264 e. The van der Waals surface area contributed by atoms with Crippen molar-refractivity contribution in [1.82, 2.24) is 30.1 Å². The van der Waals surface area contributed by atoms with Gasteiger partial charge in [0, 0.05) is 38.4 Å². The molecule has 170 valence electrons. The van der Waals surface area contributed by atoms with E-state index < -0.39 is 0 Å². The number of aromatic nitrogens is 3. The molecular formula is C23H30N6O2S. The number of thiophene rings is 1. The van der Waals surface area contributed by atoms with Gasteiger partial charge < -0.3 is 20.1 Å². The highest BCUT2D eigenvalue weighted by Crippen LogP contribution is 2.29. The molecule has 3 aromatic heterocycles. The van der Waals surface area contributed by atoms with E-state index in [-0.39, 0.29) is 23.3 Å². The minimum Gasteiger partial charge on any atom is -0.349 e. The molecule has 1 aliphatic rings. The summed E-state index contributed by atoms with van der Waals surface area (Å²) >= 11 is 1.41. The van der Waals surface area contributed by atoms with Gasteiger partial charge in [0.1, 0.15) is 5.52 Å². The SMILES string of the molecule is C[C@H](NC(=O)c1c[nH]c2ncc(-c3ccc(C(=O)N4CCN(C)CC4)s3)nc12)C(C)(C)C. The molecular weight excluding hydrogens is 424 g/mol. The highest BCUT2D eigenvalue weighted by atomic mass is 32.1. The van der Waals surface area contributed by atoms with Crippen molar-refractivity contribution >= 4 is 34.3 Å². The summed E-state index contributed by atoms with van der Waals surface area (Å²) in [4.78, 5) is 43.6. The van der Waals surface area contributed by atoms with Crippen LogP contribution >= 0.6 is 11.3 Å². The van der Waals surface area contributed by atoms with Crippen LogP contribution in [-0.4, -0.2) is 75.8 Å². The number of amides is 2. The van der Waals surface area contributed by atoms with Gasteiger partial charge in [-0.15, -0.1) is 11.3 Å². The highest BCUT2D eigenvalue weighted by molar-refractivity contribution is 7.17. The number of carbonyl (C=O) groups excluding carboxylic acids is 2. The average molecular weight is 455 g/mol. The van der Waals surface area contributed by atoms with Crippen LogP contribution in [0.4, 0.5) is 0 Å². The van der Waals surface area contributed by atoms with Crippen molar-refractivity contribution in [1.29, 1.82) is 0 Å². The van der Waals surface area contributed by atoms with E-state index in [0.717, 1.165) is 31.1 Å². The number of nitrogens with one attached hydrogen (secondary N) is 2. The monoisotopic (exact) mass is 454 g/mol. The zero-order valence-corrected chi connectivity index (χ0v) is 20.0. The number of piperazine rings is 1. The Bertz CT molecular complexity index is 1140. The summed E-state index contributed by atoms with van der Waals surface area (Å²) in [6.07, 6.45) is 3.32. The van der Waals surface area contributed by atoms with Gasteiger partial charge in [0.05, 0.1) is 27.2 Å². The van der Waals surface area contributed by atoms with Gasteiger partial charge in [-0.1, -0.05) is 20.8 Å². The van der Waals surface area contributed by atoms with Crippen LogP contribution in [0.1, 0.15) is 47.7 Å². The summed E-state index contributed by atoms with van der Waals surface area (Å²) < 4.78 is 0. The molecule has 0 aliphatic carbocycles. The quantitative estimate of drug-likeness (QED) is 0.631. The van der Waals surface area contributed by atoms with Gasteiger partial charge in [0.2, 0.25) is 0 Å². The summed E-state index contributed by atoms with van der Waals surface area (Å²) in [6.45, 7) is 11.5. The predicted molar refractivity (Wildman–Crippen MR) is 127 cm³/mol. The molecule has 0 saturated carbocycles. The largest absolute Gasteiger partial charge is 0.349 e. The number of H-pyrrole nitrogens is 1. The zero-order valence-electron chi connectivity index (χ0n) is 19.2. The maximum atomic E-state index is 12.9. The summed E-state index contributed by atoms with van der Waals surface area (Å²) in [5.41, 5.74) is 2.16. The number of nitrogens with zero attached hydrogens (tertiary/aromatic N) is 4. The summed E-state index contributed by atoms with van der Waals surface area (Å²) in [5, 5.41) is 3.05. The lowest BCUT2D eigenvalue weighted by Gasteiger charge is -2.32. The summed E-state index contributed by atoms with van der Waals surface area (Å²) in [6, 6.07) is 3.75. The summed E-state index contributed by atoms with van der Waals surface area (Å²) in [5.74, 6) is -0.122. The Morgan fingerprint density at radius 1 is 1.19 bits per heavy atom. The van der Waals surface area contributed by atoms with Crippen LogP contribution < -0.4 is 5.32 Å². The normalized spacial score (nSPS) is 16.3. The number of likely N-dealkylation sites (N-methyl/N-ethyl adjacent to an activating group) is 1. The third-order valence-electron chi connectivity index (χ3n) is 6.13. The topological polar surface area (TPSA) is 94.2 Å². The molecule has 3 aromatic rings. The molecule has 0 aromatic carbocycles. The molecule has 0 unspecified atom stereocenters. The Balaban J connectivity index is 1.56. The Labute approximate surface area is 192 Å². The van der Waals surface area contributed by atoms with Crippen molar-refractivity contribution in [2.75, 3.05) is 33.2 Å². The Morgan fingerprint density at radius 3 is 2.59 bits per heavy atom. The lowest BCUT2D eigenvalue weighted by atomic mass is 9.88. The highest BCUT2D eigenvalue weighted by Gasteiger charge is 2.25. The molecule has 8 nitrogen and oxygen atoms in total. The molecule has 2 N–H and O–H groups in total. The molecule has 4 heterocycles. The van der Waals surface area contributed by atoms with E-state index >= 15 is 0 Å². The Hall–Kier alpha value is -2.78. The van der Waals surface area contributed by atoms with Crippen LogP contribution in [0.25, 0.3) is 21.7 Å². The second-order valence-corrected chi connectivity index (χ2v) is 10.6. The van der Waals surface area contributed by atoms with Crippen molar-refractivity contribution in [3.05, 3.63) is 35.0 Å². The van der Waals surface area contributed by atoms with Gasteiger partial charge in [-0.25, -0.2) is 9.97 Å². The molecule has 1 atom stereocenters. The standard InChI is InChI=1S/C23H30N6O2S/c1-14(23(2,3)4)26-21(30)15-12-24-20-19(15)27-16(13-25-20)17-6-7-18(32-17)22(31)29-10-8-28(5)9-11-29/h6-7,12-14H,8-11H2,1-5H3,(H,24,25)(H,26,30)/t14-/m0/s1. The van der Waals surface area contributed by atoms with Crippen LogP contribution in [0, 0.1) is 5.41 Å². The molecule has 0 bridgehead atoms. The maximum absolute atomic E-state index is 12.9. The minimum absolute atomic E-state index is 0.00321. The number of aromatic amines is 1. The van der Waals surface area contributed by atoms with Crippen molar-refractivity contribution in [3.8, 4) is 10.6 Å². The van der Waals surface area contributed by atoms with E-state index in [9.17, 15) is 9.59 Å². The third kappa shape index (κ3) is 4.54. The van der Waals surface area contributed by atoms with E-state index in [1.807, 2.05) is 24.0 Å². The molecule has 1 aliphatic heterocycles. The molecule has 9 heteroatoms. The molecule has 2 amide bonds. The number of fused-ring (bicyclic) bond motifs is 1. The van der Waals surface area contributed by atoms with E-state index in [1.165, 1.54) is 11.3 Å². The fourth-order valence-corrected chi connectivity index (χ4v) is 4.36. The Kier molecular flexibility index (Phi) is 6.05. The summed E-state index contributed by atoms with van der Waals surface area (Å²) in [7, 11) is 2.07. The van der Waals surface area contributed by atoms with Gasteiger partial charge in [-0.2, -0.15) is 0 Å². The van der Waals surface area contributed by atoms with E-state index in [4.69, 9.17) is 4.98 Å². The van der Waals surface area contributed by atoms with Crippen molar-refractivity contribution in [2.45, 2.75) is 33.7 Å². The van der Waals surface area contributed by atoms with E-state index in [0.29, 0.717) is 27.3 Å².